The number of hydrogen-bond donors (Lipinski definition) is 3. The maximum absolute atomic E-state index is 12.5. The third kappa shape index (κ3) is 7.07. The fourth-order valence-electron chi connectivity index (χ4n) is 2.88. The maximum atomic E-state index is 12.5. The lowest BCUT2D eigenvalue weighted by Gasteiger charge is -2.31. The van der Waals surface area contributed by atoms with E-state index in [2.05, 4.69) is 15.4 Å². The fourth-order valence-corrected chi connectivity index (χ4v) is 3.44. The Hall–Kier alpha value is -2.32. The predicted molar refractivity (Wildman–Crippen MR) is 107 cm³/mol. The van der Waals surface area contributed by atoms with E-state index in [9.17, 15) is 13.2 Å². The zero-order valence-corrected chi connectivity index (χ0v) is 16.7. The van der Waals surface area contributed by atoms with Crippen LogP contribution in [0.15, 0.2) is 48.2 Å². The summed E-state index contributed by atoms with van der Waals surface area (Å²) in [5, 5.41) is 6.37. The Morgan fingerprint density at radius 3 is 2.52 bits per heavy atom. The fraction of sp³-hybridized carbons (Fsp3) is 0.421. The third-order valence-electron chi connectivity index (χ3n) is 4.00. The first kappa shape index (κ1) is 21.0. The van der Waals surface area contributed by atoms with Crippen LogP contribution in [0.5, 0.6) is 0 Å². The number of anilines is 1. The maximum Gasteiger partial charge on any atom is 0.251 e. The van der Waals surface area contributed by atoms with Crippen LogP contribution in [0.2, 0.25) is 0 Å². The molecule has 1 aliphatic rings. The molecule has 2 atom stereocenters. The van der Waals surface area contributed by atoms with Gasteiger partial charge in [0.25, 0.3) is 5.91 Å². The number of sulfonamides is 1. The van der Waals surface area contributed by atoms with Crippen molar-refractivity contribution in [2.24, 2.45) is 0 Å². The molecular weight excluding hydrogens is 366 g/mol. The molecule has 0 bridgehead atoms. The molecule has 1 heterocycles. The van der Waals surface area contributed by atoms with Gasteiger partial charge in [-0.2, -0.15) is 0 Å². The monoisotopic (exact) mass is 393 g/mol. The van der Waals surface area contributed by atoms with E-state index in [-0.39, 0.29) is 18.0 Å². The van der Waals surface area contributed by atoms with Crippen molar-refractivity contribution < 1.29 is 17.9 Å². The molecule has 27 heavy (non-hydrogen) atoms. The van der Waals surface area contributed by atoms with Crippen molar-refractivity contribution in [1.82, 2.24) is 10.6 Å². The number of benzene rings is 1. The summed E-state index contributed by atoms with van der Waals surface area (Å²) in [7, 11) is -3.39. The van der Waals surface area contributed by atoms with E-state index in [1.807, 2.05) is 32.1 Å². The molecule has 2 rings (SSSR count). The Morgan fingerprint density at radius 1 is 1.19 bits per heavy atom. The number of carbonyl (C=O) groups is 1. The summed E-state index contributed by atoms with van der Waals surface area (Å²) in [5.74, 6) is -0.263. The molecule has 0 radical (unpaired) electrons. The first-order valence-corrected chi connectivity index (χ1v) is 10.7. The van der Waals surface area contributed by atoms with E-state index in [1.165, 1.54) is 6.07 Å². The number of amides is 1. The molecule has 0 aromatic heterocycles. The molecule has 0 saturated carbocycles. The summed E-state index contributed by atoms with van der Waals surface area (Å²) in [6.45, 7) is 4.94. The predicted octanol–water partition coefficient (Wildman–Crippen LogP) is 2.01. The zero-order valence-electron chi connectivity index (χ0n) is 15.9. The molecule has 1 aromatic rings. The molecular formula is C19H27N3O4S. The average molecular weight is 394 g/mol. The summed E-state index contributed by atoms with van der Waals surface area (Å²) in [5.41, 5.74) is 1.76. The van der Waals surface area contributed by atoms with Crippen LogP contribution >= 0.6 is 0 Å². The molecule has 1 saturated heterocycles. The number of rotatable bonds is 7. The van der Waals surface area contributed by atoms with E-state index in [1.54, 1.807) is 18.2 Å². The van der Waals surface area contributed by atoms with Gasteiger partial charge >= 0.3 is 0 Å². The number of nitrogens with one attached hydrogen (secondary N) is 3. The molecule has 1 fully saturated rings. The largest absolute Gasteiger partial charge is 0.380 e. The summed E-state index contributed by atoms with van der Waals surface area (Å²) in [6.07, 6.45) is 7.74. The lowest BCUT2D eigenvalue weighted by Crippen LogP contribution is -2.49. The van der Waals surface area contributed by atoms with Gasteiger partial charge in [-0.05, 0) is 44.5 Å². The van der Waals surface area contributed by atoms with E-state index in [4.69, 9.17) is 4.74 Å². The highest BCUT2D eigenvalue weighted by Crippen LogP contribution is 2.14. The number of allylic oxidation sites excluding steroid dienone is 3. The second-order valence-corrected chi connectivity index (χ2v) is 8.23. The van der Waals surface area contributed by atoms with Gasteiger partial charge in [-0.25, -0.2) is 8.42 Å². The van der Waals surface area contributed by atoms with Gasteiger partial charge in [-0.1, -0.05) is 18.2 Å². The molecule has 0 spiro atoms. The van der Waals surface area contributed by atoms with Gasteiger partial charge < -0.3 is 15.4 Å². The van der Waals surface area contributed by atoms with Gasteiger partial charge in [0.15, 0.2) is 0 Å². The lowest BCUT2D eigenvalue weighted by atomic mass is 10.0. The topological polar surface area (TPSA) is 96.5 Å². The summed E-state index contributed by atoms with van der Waals surface area (Å²) in [4.78, 5) is 12.5. The van der Waals surface area contributed by atoms with Crippen molar-refractivity contribution in [2.45, 2.75) is 32.4 Å². The van der Waals surface area contributed by atoms with Crippen molar-refractivity contribution in [3.05, 3.63) is 53.8 Å². The van der Waals surface area contributed by atoms with E-state index in [0.717, 1.165) is 18.4 Å². The Bertz CT molecular complexity index is 818. The number of ether oxygens (including phenoxy) is 1. The first-order chi connectivity index (χ1) is 12.8. The second-order valence-electron chi connectivity index (χ2n) is 6.48. The number of hydrogen-bond acceptors (Lipinski definition) is 5. The van der Waals surface area contributed by atoms with Crippen LogP contribution in [-0.4, -0.2) is 45.9 Å². The Balaban J connectivity index is 1.98. The minimum atomic E-state index is -3.39. The molecule has 1 amide bonds. The van der Waals surface area contributed by atoms with Gasteiger partial charge in [-0.3, -0.25) is 9.52 Å². The lowest BCUT2D eigenvalue weighted by molar-refractivity contribution is 0.0459. The standard InChI is InChI=1S/C19H27N3O4S/c1-4-7-15(5-2)20-17-11-18(13-26-12-17)21-19(23)14-8-6-9-16(10-14)22-27(3,24)25/h4-10,17-18,20,22H,11-13H2,1-3H3,(H,21,23)/b7-4+,15-5-/t17-,18+/m1/s1. The highest BCUT2D eigenvalue weighted by molar-refractivity contribution is 7.92. The van der Waals surface area contributed by atoms with E-state index < -0.39 is 10.0 Å². The normalized spacial score (nSPS) is 21.1. The summed E-state index contributed by atoms with van der Waals surface area (Å²) in [6, 6.07) is 6.37. The van der Waals surface area contributed by atoms with Gasteiger partial charge in [0.05, 0.1) is 31.6 Å². The van der Waals surface area contributed by atoms with Gasteiger partial charge in [0.1, 0.15) is 0 Å². The van der Waals surface area contributed by atoms with Crippen molar-refractivity contribution >= 4 is 21.6 Å². The van der Waals surface area contributed by atoms with Gasteiger partial charge in [0.2, 0.25) is 10.0 Å². The smallest absolute Gasteiger partial charge is 0.251 e. The minimum absolute atomic E-state index is 0.102. The summed E-state index contributed by atoms with van der Waals surface area (Å²) < 4.78 is 30.7. The van der Waals surface area contributed by atoms with E-state index in [0.29, 0.717) is 24.5 Å². The van der Waals surface area contributed by atoms with Gasteiger partial charge in [0, 0.05) is 16.9 Å². The van der Waals surface area contributed by atoms with Crippen LogP contribution in [0.25, 0.3) is 0 Å². The molecule has 8 heteroatoms. The third-order valence-corrected chi connectivity index (χ3v) is 4.60. The van der Waals surface area contributed by atoms with Crippen LogP contribution in [0.3, 0.4) is 0 Å². The molecule has 7 nitrogen and oxygen atoms in total. The average Bonchev–Trinajstić information content (AvgIpc) is 2.60. The Kier molecular flexibility index (Phi) is 7.44. The van der Waals surface area contributed by atoms with Crippen molar-refractivity contribution in [3.8, 4) is 0 Å². The van der Waals surface area contributed by atoms with Crippen molar-refractivity contribution in [2.75, 3.05) is 24.2 Å². The van der Waals surface area contributed by atoms with Gasteiger partial charge in [-0.15, -0.1) is 0 Å². The minimum Gasteiger partial charge on any atom is -0.380 e. The molecule has 0 aliphatic carbocycles. The number of carbonyl (C=O) groups excluding carboxylic acids is 1. The van der Waals surface area contributed by atoms with Crippen molar-refractivity contribution in [3.63, 3.8) is 0 Å². The quantitative estimate of drug-likeness (QED) is 0.616. The van der Waals surface area contributed by atoms with Crippen LogP contribution in [0.1, 0.15) is 30.6 Å². The van der Waals surface area contributed by atoms with Crippen LogP contribution in [-0.2, 0) is 14.8 Å². The van der Waals surface area contributed by atoms with Crippen molar-refractivity contribution in [1.29, 1.82) is 0 Å². The molecule has 1 aromatic carbocycles. The van der Waals surface area contributed by atoms with Crippen LogP contribution in [0.4, 0.5) is 5.69 Å². The molecule has 1 aliphatic heterocycles. The van der Waals surface area contributed by atoms with Crippen LogP contribution in [0, 0.1) is 0 Å². The SMILES string of the molecule is C/C=C(/C=C/C)N[C@H]1COC[C@@H](NC(=O)c2cccc(NS(C)(=O)=O)c2)C1. The second kappa shape index (κ2) is 9.57. The molecule has 148 valence electrons. The van der Waals surface area contributed by atoms with E-state index >= 15 is 0 Å². The molecule has 3 N–H and O–H groups in total. The first-order valence-electron chi connectivity index (χ1n) is 8.82. The zero-order chi connectivity index (χ0) is 19.9. The summed E-state index contributed by atoms with van der Waals surface area (Å²) >= 11 is 0. The molecule has 0 unspecified atom stereocenters. The Morgan fingerprint density at radius 2 is 1.89 bits per heavy atom. The van der Waals surface area contributed by atoms with Crippen LogP contribution < -0.4 is 15.4 Å². The Labute approximate surface area is 160 Å². The highest BCUT2D eigenvalue weighted by Gasteiger charge is 2.24. The highest BCUT2D eigenvalue weighted by atomic mass is 32.2.